The summed E-state index contributed by atoms with van der Waals surface area (Å²) in [6.07, 6.45) is 3.41. The average molecular weight is 390 g/mol. The van der Waals surface area contributed by atoms with Gasteiger partial charge in [-0.25, -0.2) is 9.97 Å². The standard InChI is InChI=1S/C20H22N8O/c1-2-4-15-14(3-1)5-6-21-17(15)25-20-26-18(16-19(27-20)24-13-23-16)22-7-8-28-9-11-29-12-10-28/h1-6,13H,7-12H2,(H3,21,22,23,24,25,26,27). The van der Waals surface area contributed by atoms with E-state index in [1.807, 2.05) is 24.3 Å². The van der Waals surface area contributed by atoms with E-state index in [0.717, 1.165) is 67.3 Å². The second-order valence-electron chi connectivity index (χ2n) is 6.88. The minimum absolute atomic E-state index is 0.460. The average Bonchev–Trinajstić information content (AvgIpc) is 3.24. The lowest BCUT2D eigenvalue weighted by Crippen LogP contribution is -2.39. The van der Waals surface area contributed by atoms with Crippen LogP contribution in [-0.2, 0) is 4.74 Å². The van der Waals surface area contributed by atoms with E-state index in [1.165, 1.54) is 0 Å². The third-order valence-corrected chi connectivity index (χ3v) is 5.01. The number of H-pyrrole nitrogens is 1. The summed E-state index contributed by atoms with van der Waals surface area (Å²) in [6.45, 7) is 5.22. The zero-order valence-corrected chi connectivity index (χ0v) is 15.9. The normalized spacial score (nSPS) is 15.0. The monoisotopic (exact) mass is 390 g/mol. The molecule has 5 rings (SSSR count). The molecule has 3 N–H and O–H groups in total. The molecule has 1 fully saturated rings. The molecule has 0 amide bonds. The molecule has 0 atom stereocenters. The van der Waals surface area contributed by atoms with E-state index >= 15 is 0 Å². The lowest BCUT2D eigenvalue weighted by molar-refractivity contribution is 0.0398. The summed E-state index contributed by atoms with van der Waals surface area (Å²) in [6, 6.07) is 10.1. The summed E-state index contributed by atoms with van der Waals surface area (Å²) >= 11 is 0. The Labute approximate surface area is 167 Å². The fourth-order valence-corrected chi connectivity index (χ4v) is 3.50. The Balaban J connectivity index is 1.38. The fraction of sp³-hybridized carbons (Fsp3) is 0.300. The molecule has 1 aliphatic rings. The van der Waals surface area contributed by atoms with Crippen LogP contribution in [0, 0.1) is 0 Å². The van der Waals surface area contributed by atoms with Crippen molar-refractivity contribution in [2.24, 2.45) is 0 Å². The van der Waals surface area contributed by atoms with Gasteiger partial charge in [-0.15, -0.1) is 0 Å². The highest BCUT2D eigenvalue weighted by atomic mass is 16.5. The Morgan fingerprint density at radius 2 is 1.93 bits per heavy atom. The molecule has 4 heterocycles. The number of aromatic nitrogens is 5. The van der Waals surface area contributed by atoms with E-state index in [4.69, 9.17) is 4.74 Å². The van der Waals surface area contributed by atoms with Gasteiger partial charge in [-0.3, -0.25) is 4.90 Å². The van der Waals surface area contributed by atoms with Crippen molar-refractivity contribution in [2.75, 3.05) is 50.0 Å². The van der Waals surface area contributed by atoms with Gasteiger partial charge in [-0.05, 0) is 11.5 Å². The topological polar surface area (TPSA) is 104 Å². The number of hydrogen-bond acceptors (Lipinski definition) is 8. The van der Waals surface area contributed by atoms with Crippen LogP contribution in [0.2, 0.25) is 0 Å². The van der Waals surface area contributed by atoms with Gasteiger partial charge < -0.3 is 20.4 Å². The van der Waals surface area contributed by atoms with Crippen molar-refractivity contribution in [3.8, 4) is 0 Å². The van der Waals surface area contributed by atoms with E-state index in [1.54, 1.807) is 12.5 Å². The molecule has 0 unspecified atom stereocenters. The Hall–Kier alpha value is -3.30. The van der Waals surface area contributed by atoms with Gasteiger partial charge in [0, 0.05) is 37.8 Å². The third-order valence-electron chi connectivity index (χ3n) is 5.01. The molecule has 0 spiro atoms. The summed E-state index contributed by atoms with van der Waals surface area (Å²) < 4.78 is 5.40. The molecule has 29 heavy (non-hydrogen) atoms. The number of hydrogen-bond donors (Lipinski definition) is 3. The predicted octanol–water partition coefficient (Wildman–Crippen LogP) is 2.39. The van der Waals surface area contributed by atoms with Crippen molar-refractivity contribution < 1.29 is 4.74 Å². The van der Waals surface area contributed by atoms with Crippen LogP contribution in [0.5, 0.6) is 0 Å². The van der Waals surface area contributed by atoms with Crippen molar-refractivity contribution in [1.29, 1.82) is 0 Å². The van der Waals surface area contributed by atoms with E-state index in [-0.39, 0.29) is 0 Å². The highest BCUT2D eigenvalue weighted by Gasteiger charge is 2.13. The molecule has 0 bridgehead atoms. The molecular weight excluding hydrogens is 368 g/mol. The van der Waals surface area contributed by atoms with Crippen LogP contribution in [0.15, 0.2) is 42.9 Å². The number of ether oxygens (including phenoxy) is 1. The van der Waals surface area contributed by atoms with Crippen LogP contribution in [0.25, 0.3) is 21.9 Å². The van der Waals surface area contributed by atoms with Crippen LogP contribution < -0.4 is 10.6 Å². The Morgan fingerprint density at radius 3 is 2.86 bits per heavy atom. The predicted molar refractivity (Wildman–Crippen MR) is 112 cm³/mol. The Bertz CT molecular complexity index is 1120. The first-order valence-corrected chi connectivity index (χ1v) is 9.73. The molecule has 1 aromatic carbocycles. The summed E-state index contributed by atoms with van der Waals surface area (Å²) in [7, 11) is 0. The smallest absolute Gasteiger partial charge is 0.232 e. The molecule has 0 saturated carbocycles. The molecule has 9 heteroatoms. The Morgan fingerprint density at radius 1 is 1.03 bits per heavy atom. The van der Waals surface area contributed by atoms with Gasteiger partial charge in [0.25, 0.3) is 0 Å². The third kappa shape index (κ3) is 3.82. The number of pyridine rings is 1. The second kappa shape index (κ2) is 7.98. The molecule has 1 aliphatic heterocycles. The van der Waals surface area contributed by atoms with Crippen LogP contribution in [0.4, 0.5) is 17.6 Å². The lowest BCUT2D eigenvalue weighted by atomic mass is 10.1. The summed E-state index contributed by atoms with van der Waals surface area (Å²) in [5, 5.41) is 8.80. The molecule has 1 saturated heterocycles. The van der Waals surface area contributed by atoms with E-state index < -0.39 is 0 Å². The van der Waals surface area contributed by atoms with Gasteiger partial charge >= 0.3 is 0 Å². The van der Waals surface area contributed by atoms with Crippen molar-refractivity contribution in [2.45, 2.75) is 0 Å². The number of imidazole rings is 1. The zero-order chi connectivity index (χ0) is 19.5. The molecule has 3 aromatic heterocycles. The molecule has 4 aromatic rings. The minimum atomic E-state index is 0.460. The first kappa shape index (κ1) is 17.8. The maximum Gasteiger partial charge on any atom is 0.232 e. The number of rotatable bonds is 6. The van der Waals surface area contributed by atoms with Crippen molar-refractivity contribution >= 4 is 39.5 Å². The first-order valence-electron chi connectivity index (χ1n) is 9.73. The van der Waals surface area contributed by atoms with Gasteiger partial charge in [0.15, 0.2) is 11.5 Å². The maximum atomic E-state index is 5.40. The van der Waals surface area contributed by atoms with E-state index in [9.17, 15) is 0 Å². The second-order valence-corrected chi connectivity index (χ2v) is 6.88. The highest BCUT2D eigenvalue weighted by Crippen LogP contribution is 2.25. The summed E-state index contributed by atoms with van der Waals surface area (Å²) in [4.78, 5) is 23.5. The number of anilines is 3. The van der Waals surface area contributed by atoms with Gasteiger partial charge in [0.05, 0.1) is 19.5 Å². The van der Waals surface area contributed by atoms with Crippen LogP contribution in [0.1, 0.15) is 0 Å². The fourth-order valence-electron chi connectivity index (χ4n) is 3.50. The van der Waals surface area contributed by atoms with Crippen LogP contribution in [0.3, 0.4) is 0 Å². The molecule has 9 nitrogen and oxygen atoms in total. The Kier molecular flexibility index (Phi) is 4.89. The molecular formula is C20H22N8O. The molecule has 148 valence electrons. The van der Waals surface area contributed by atoms with Crippen molar-refractivity contribution in [3.05, 3.63) is 42.9 Å². The quantitative estimate of drug-likeness (QED) is 0.461. The number of nitrogens with zero attached hydrogens (tertiary/aromatic N) is 5. The van der Waals surface area contributed by atoms with Gasteiger partial charge in [-0.1, -0.05) is 24.3 Å². The van der Waals surface area contributed by atoms with Crippen molar-refractivity contribution in [1.82, 2.24) is 29.8 Å². The molecule has 0 aliphatic carbocycles. The first-order chi connectivity index (χ1) is 14.4. The van der Waals surface area contributed by atoms with Gasteiger partial charge in [0.1, 0.15) is 11.3 Å². The SMILES string of the molecule is c1ccc2c(Nc3nc(NCCN4CCOCC4)c4[nH]cnc4n3)nccc2c1. The number of fused-ring (bicyclic) bond motifs is 2. The van der Waals surface area contributed by atoms with Crippen LogP contribution >= 0.6 is 0 Å². The number of aromatic amines is 1. The minimum Gasteiger partial charge on any atom is -0.379 e. The van der Waals surface area contributed by atoms with E-state index in [2.05, 4.69) is 46.5 Å². The lowest BCUT2D eigenvalue weighted by Gasteiger charge is -2.26. The largest absolute Gasteiger partial charge is 0.379 e. The maximum absolute atomic E-state index is 5.40. The number of nitrogens with one attached hydrogen (secondary N) is 3. The van der Waals surface area contributed by atoms with Crippen LogP contribution in [-0.4, -0.2) is 69.2 Å². The van der Waals surface area contributed by atoms with Gasteiger partial charge in [-0.2, -0.15) is 9.97 Å². The zero-order valence-electron chi connectivity index (χ0n) is 15.9. The van der Waals surface area contributed by atoms with Gasteiger partial charge in [0.2, 0.25) is 5.95 Å². The number of benzene rings is 1. The number of morpholine rings is 1. The highest BCUT2D eigenvalue weighted by molar-refractivity contribution is 5.93. The van der Waals surface area contributed by atoms with Crippen molar-refractivity contribution in [3.63, 3.8) is 0 Å². The summed E-state index contributed by atoms with van der Waals surface area (Å²) in [5.41, 5.74) is 1.40. The molecule has 0 radical (unpaired) electrons. The van der Waals surface area contributed by atoms with E-state index in [0.29, 0.717) is 11.6 Å². The summed E-state index contributed by atoms with van der Waals surface area (Å²) in [5.74, 6) is 1.91.